The van der Waals surface area contributed by atoms with Crippen molar-refractivity contribution in [1.29, 1.82) is 0 Å². The molecule has 3 N–H and O–H groups in total. The summed E-state index contributed by atoms with van der Waals surface area (Å²) in [5.41, 5.74) is -0.388. The average Bonchev–Trinajstić information content (AvgIpc) is 3.34. The Morgan fingerprint density at radius 1 is 1.21 bits per heavy atom. The molecule has 0 aliphatic heterocycles. The molecule has 0 bridgehead atoms. The van der Waals surface area contributed by atoms with Gasteiger partial charge in [-0.2, -0.15) is 0 Å². The van der Waals surface area contributed by atoms with Gasteiger partial charge in [0, 0.05) is 27.2 Å². The second-order valence-corrected chi connectivity index (χ2v) is 7.09. The molecule has 1 heterocycles. The van der Waals surface area contributed by atoms with Crippen LogP contribution < -0.4 is 16.0 Å². The Hall–Kier alpha value is -1.78. The van der Waals surface area contributed by atoms with E-state index in [9.17, 15) is 9.59 Å². The zero-order valence-corrected chi connectivity index (χ0v) is 19.2. The standard InChI is InChI=1S/C19H31N5O3.HI/c1-4-20-18(22-13-16(25)21-12-15-8-7-11-27-15)23-14-19(9-5-6-10-19)17(26)24(2)3;/h7-8,11H,4-6,9-10,12-14H2,1-3H3,(H,21,25)(H2,20,22,23);1H. The van der Waals surface area contributed by atoms with Crippen LogP contribution in [0.3, 0.4) is 0 Å². The summed E-state index contributed by atoms with van der Waals surface area (Å²) in [7, 11) is 3.59. The Balaban J connectivity index is 0.00000392. The van der Waals surface area contributed by atoms with Gasteiger partial charge in [0.05, 0.1) is 18.2 Å². The molecular weight excluding hydrogens is 473 g/mol. The Morgan fingerprint density at radius 3 is 2.50 bits per heavy atom. The Kier molecular flexibility index (Phi) is 10.3. The highest BCUT2D eigenvalue weighted by atomic mass is 127. The Labute approximate surface area is 183 Å². The van der Waals surface area contributed by atoms with Crippen molar-refractivity contribution in [2.24, 2.45) is 10.4 Å². The van der Waals surface area contributed by atoms with Crippen molar-refractivity contribution in [3.8, 4) is 0 Å². The molecule has 0 saturated heterocycles. The summed E-state index contributed by atoms with van der Waals surface area (Å²) in [4.78, 5) is 30.6. The minimum Gasteiger partial charge on any atom is -0.467 e. The number of hydrogen-bond acceptors (Lipinski definition) is 4. The molecule has 0 aromatic carbocycles. The van der Waals surface area contributed by atoms with Crippen LogP contribution in [-0.2, 0) is 16.1 Å². The molecule has 0 atom stereocenters. The Bertz CT molecular complexity index is 640. The van der Waals surface area contributed by atoms with E-state index in [1.54, 1.807) is 37.4 Å². The van der Waals surface area contributed by atoms with E-state index in [-0.39, 0.29) is 47.8 Å². The molecule has 1 fully saturated rings. The number of hydrogen-bond donors (Lipinski definition) is 3. The van der Waals surface area contributed by atoms with Crippen molar-refractivity contribution in [3.05, 3.63) is 24.2 Å². The van der Waals surface area contributed by atoms with Gasteiger partial charge < -0.3 is 25.3 Å². The van der Waals surface area contributed by atoms with E-state index in [0.29, 0.717) is 31.4 Å². The molecule has 2 rings (SSSR count). The lowest BCUT2D eigenvalue weighted by molar-refractivity contribution is -0.138. The lowest BCUT2D eigenvalue weighted by Gasteiger charge is -2.31. The number of carbonyl (C=O) groups is 2. The summed E-state index contributed by atoms with van der Waals surface area (Å²) in [5, 5.41) is 9.15. The maximum atomic E-state index is 12.7. The van der Waals surface area contributed by atoms with E-state index in [0.717, 1.165) is 25.7 Å². The smallest absolute Gasteiger partial charge is 0.242 e. The maximum absolute atomic E-state index is 12.7. The van der Waals surface area contributed by atoms with Gasteiger partial charge in [0.15, 0.2) is 5.96 Å². The summed E-state index contributed by atoms with van der Waals surface area (Å²) in [5.74, 6) is 1.20. The number of carbonyl (C=O) groups excluding carboxylic acids is 2. The fraction of sp³-hybridized carbons (Fsp3) is 0.632. The molecule has 1 aromatic rings. The van der Waals surface area contributed by atoms with Gasteiger partial charge in [-0.3, -0.25) is 9.59 Å². The summed E-state index contributed by atoms with van der Waals surface area (Å²) >= 11 is 0. The first-order chi connectivity index (χ1) is 13.0. The van der Waals surface area contributed by atoms with Crippen molar-refractivity contribution in [1.82, 2.24) is 20.9 Å². The predicted molar refractivity (Wildman–Crippen MR) is 120 cm³/mol. The first kappa shape index (κ1) is 24.3. The number of aliphatic imine (C=N–C) groups is 1. The minimum atomic E-state index is -0.388. The molecule has 1 saturated carbocycles. The van der Waals surface area contributed by atoms with E-state index < -0.39 is 0 Å². The first-order valence-electron chi connectivity index (χ1n) is 9.50. The molecule has 0 spiro atoms. The zero-order valence-electron chi connectivity index (χ0n) is 16.9. The van der Waals surface area contributed by atoms with E-state index >= 15 is 0 Å². The molecule has 1 aliphatic rings. The number of guanidine groups is 1. The minimum absolute atomic E-state index is 0. The van der Waals surface area contributed by atoms with Crippen LogP contribution in [0.5, 0.6) is 0 Å². The third kappa shape index (κ3) is 6.99. The zero-order chi connectivity index (χ0) is 19.7. The van der Waals surface area contributed by atoms with Crippen LogP contribution in [0.1, 0.15) is 38.4 Å². The second kappa shape index (κ2) is 11.9. The third-order valence-electron chi connectivity index (χ3n) is 4.78. The van der Waals surface area contributed by atoms with Gasteiger partial charge in [-0.15, -0.1) is 24.0 Å². The monoisotopic (exact) mass is 505 g/mol. The number of nitrogens with one attached hydrogen (secondary N) is 3. The van der Waals surface area contributed by atoms with Crippen LogP contribution >= 0.6 is 24.0 Å². The van der Waals surface area contributed by atoms with Gasteiger partial charge in [-0.1, -0.05) is 12.8 Å². The molecule has 0 radical (unpaired) electrons. The first-order valence-corrected chi connectivity index (χ1v) is 9.50. The average molecular weight is 505 g/mol. The van der Waals surface area contributed by atoms with Gasteiger partial charge in [0.25, 0.3) is 0 Å². The molecule has 158 valence electrons. The predicted octanol–water partition coefficient (Wildman–Crippen LogP) is 1.72. The second-order valence-electron chi connectivity index (χ2n) is 7.09. The fourth-order valence-corrected chi connectivity index (χ4v) is 3.39. The van der Waals surface area contributed by atoms with Gasteiger partial charge in [0.2, 0.25) is 11.8 Å². The number of rotatable bonds is 8. The molecular formula is C19H32IN5O3. The van der Waals surface area contributed by atoms with E-state index in [4.69, 9.17) is 4.42 Å². The van der Waals surface area contributed by atoms with Gasteiger partial charge in [0.1, 0.15) is 12.3 Å². The summed E-state index contributed by atoms with van der Waals surface area (Å²) in [6.45, 7) is 3.50. The van der Waals surface area contributed by atoms with Gasteiger partial charge in [-0.25, -0.2) is 4.99 Å². The highest BCUT2D eigenvalue weighted by Gasteiger charge is 2.42. The van der Waals surface area contributed by atoms with E-state index in [1.165, 1.54) is 0 Å². The highest BCUT2D eigenvalue weighted by molar-refractivity contribution is 14.0. The van der Waals surface area contributed by atoms with Crippen molar-refractivity contribution in [2.75, 3.05) is 33.7 Å². The van der Waals surface area contributed by atoms with Crippen molar-refractivity contribution in [3.63, 3.8) is 0 Å². The molecule has 8 nitrogen and oxygen atoms in total. The van der Waals surface area contributed by atoms with Crippen LogP contribution in [0, 0.1) is 5.41 Å². The largest absolute Gasteiger partial charge is 0.467 e. The van der Waals surface area contributed by atoms with Crippen LogP contribution in [-0.4, -0.2) is 56.4 Å². The lowest BCUT2D eigenvalue weighted by Crippen LogP contribution is -2.49. The maximum Gasteiger partial charge on any atom is 0.242 e. The van der Waals surface area contributed by atoms with Crippen LogP contribution in [0.15, 0.2) is 27.8 Å². The number of nitrogens with zero attached hydrogens (tertiary/aromatic N) is 2. The molecule has 0 unspecified atom stereocenters. The quantitative estimate of drug-likeness (QED) is 0.284. The highest BCUT2D eigenvalue weighted by Crippen LogP contribution is 2.38. The van der Waals surface area contributed by atoms with Gasteiger partial charge in [-0.05, 0) is 31.9 Å². The van der Waals surface area contributed by atoms with Crippen LogP contribution in [0.4, 0.5) is 0 Å². The fourth-order valence-electron chi connectivity index (χ4n) is 3.39. The van der Waals surface area contributed by atoms with E-state index in [2.05, 4.69) is 20.9 Å². The van der Waals surface area contributed by atoms with Crippen molar-refractivity contribution < 1.29 is 14.0 Å². The third-order valence-corrected chi connectivity index (χ3v) is 4.78. The molecule has 28 heavy (non-hydrogen) atoms. The topological polar surface area (TPSA) is 99.0 Å². The van der Waals surface area contributed by atoms with Crippen LogP contribution in [0.2, 0.25) is 0 Å². The number of furan rings is 1. The molecule has 9 heteroatoms. The number of halogens is 1. The SMILES string of the molecule is CCNC(=NCC(=O)NCc1ccco1)NCC1(C(=O)N(C)C)CCCC1.I. The molecule has 2 amide bonds. The van der Waals surface area contributed by atoms with Gasteiger partial charge >= 0.3 is 0 Å². The normalized spacial score (nSPS) is 15.5. The van der Waals surface area contributed by atoms with E-state index in [1.807, 2.05) is 6.92 Å². The summed E-state index contributed by atoms with van der Waals surface area (Å²) in [6.07, 6.45) is 5.44. The molecule has 1 aromatic heterocycles. The van der Waals surface area contributed by atoms with Crippen LogP contribution in [0.25, 0.3) is 0 Å². The van der Waals surface area contributed by atoms with Crippen molar-refractivity contribution >= 4 is 41.8 Å². The number of amides is 2. The summed E-state index contributed by atoms with van der Waals surface area (Å²) in [6, 6.07) is 3.58. The molecule has 1 aliphatic carbocycles. The summed E-state index contributed by atoms with van der Waals surface area (Å²) < 4.78 is 5.19. The van der Waals surface area contributed by atoms with Crippen molar-refractivity contribution in [2.45, 2.75) is 39.2 Å². The Morgan fingerprint density at radius 2 is 1.93 bits per heavy atom. The lowest BCUT2D eigenvalue weighted by atomic mass is 9.84.